The fourth-order valence-corrected chi connectivity index (χ4v) is 14.7. The summed E-state index contributed by atoms with van der Waals surface area (Å²) in [6.45, 7) is 0. The minimum Gasteiger partial charge on any atom is -0.309 e. The zero-order valence-corrected chi connectivity index (χ0v) is 39.9. The van der Waals surface area contributed by atoms with E-state index >= 15 is 4.57 Å². The van der Waals surface area contributed by atoms with Gasteiger partial charge in [-0.2, -0.15) is 0 Å². The lowest BCUT2D eigenvalue weighted by atomic mass is 10.2. The average molecular weight is 939 g/mol. The van der Waals surface area contributed by atoms with Gasteiger partial charge in [-0.1, -0.05) is 176 Å². The number of benzene rings is 11. The molecule has 15 aromatic rings. The smallest absolute Gasteiger partial charge is 0.171 e. The van der Waals surface area contributed by atoms with Crippen LogP contribution in [0.3, 0.4) is 0 Å². The van der Waals surface area contributed by atoms with Crippen LogP contribution in [-0.4, -0.2) is 18.3 Å². The van der Waals surface area contributed by atoms with Crippen molar-refractivity contribution in [2.45, 2.75) is 0 Å². The van der Waals surface area contributed by atoms with Crippen LogP contribution in [0.15, 0.2) is 261 Å². The molecule has 0 amide bonds. The van der Waals surface area contributed by atoms with Crippen molar-refractivity contribution in [1.29, 1.82) is 0 Å². The van der Waals surface area contributed by atoms with E-state index in [1.807, 2.05) is 18.2 Å². The van der Waals surface area contributed by atoms with E-state index in [2.05, 4.69) is 261 Å². The molecule has 0 N–H and O–H groups in total. The zero-order chi connectivity index (χ0) is 47.5. The van der Waals surface area contributed by atoms with Crippen LogP contribution in [0.5, 0.6) is 0 Å². The Hall–Kier alpha value is -9.15. The molecule has 0 unspecified atom stereocenters. The molecule has 0 aliphatic carbocycles. The van der Waals surface area contributed by atoms with Crippen LogP contribution < -0.4 is 15.9 Å². The van der Waals surface area contributed by atoms with Crippen LogP contribution in [0, 0.1) is 0 Å². The van der Waals surface area contributed by atoms with Gasteiger partial charge in [0, 0.05) is 81.8 Å². The Morgan fingerprint density at radius 1 is 0.208 bits per heavy atom. The van der Waals surface area contributed by atoms with Crippen LogP contribution >= 0.6 is 7.14 Å². The van der Waals surface area contributed by atoms with Crippen LogP contribution in [0.2, 0.25) is 0 Å². The number of nitrogens with zero attached hydrogens (tertiary/aromatic N) is 4. The van der Waals surface area contributed by atoms with Gasteiger partial charge in [0.15, 0.2) is 7.14 Å². The molecular weight excluding hydrogens is 896 g/mol. The molecule has 4 aromatic heterocycles. The van der Waals surface area contributed by atoms with E-state index in [1.54, 1.807) is 0 Å². The lowest BCUT2D eigenvalue weighted by Crippen LogP contribution is -2.27. The molecule has 0 spiro atoms. The summed E-state index contributed by atoms with van der Waals surface area (Å²) in [7, 11) is -3.83. The molecule has 5 nitrogen and oxygen atoms in total. The Balaban J connectivity index is 1.10. The molecule has 0 saturated heterocycles. The summed E-state index contributed by atoms with van der Waals surface area (Å²) in [5.41, 5.74) is 12.4. The van der Waals surface area contributed by atoms with Crippen molar-refractivity contribution >= 4 is 110 Å². The standard InChI is InChI=1S/C66H43N4OP/c71-72(48-20-2-1-3-21-48,49-40-44(67-59-30-12-4-22-51(59)52-23-5-13-31-60(52)67)38-45(41-49)68-61-32-14-6-24-53(61)54-25-7-15-33-62(54)68)50-42-46(69-63-34-16-8-26-55(63)56-27-9-17-35-64(56)69)39-47(43-50)70-65-36-18-10-28-57(65)58-29-11-19-37-66(58)70/h1-43H. The highest BCUT2D eigenvalue weighted by Crippen LogP contribution is 2.47. The van der Waals surface area contributed by atoms with Crippen molar-refractivity contribution in [1.82, 2.24) is 18.3 Å². The summed E-state index contributed by atoms with van der Waals surface area (Å²) in [6.07, 6.45) is 0. The predicted octanol–water partition coefficient (Wildman–Crippen LogP) is 15.7. The Bertz CT molecular complexity index is 3990. The maximum Gasteiger partial charge on any atom is 0.171 e. The fourth-order valence-electron chi connectivity index (χ4n) is 11.9. The third-order valence-corrected chi connectivity index (χ3v) is 18.0. The highest BCUT2D eigenvalue weighted by Gasteiger charge is 2.33. The molecule has 72 heavy (non-hydrogen) atoms. The van der Waals surface area contributed by atoms with E-state index in [4.69, 9.17) is 0 Å². The summed E-state index contributed by atoms with van der Waals surface area (Å²) in [5, 5.41) is 11.5. The molecule has 338 valence electrons. The molecule has 0 radical (unpaired) electrons. The van der Waals surface area contributed by atoms with Gasteiger partial charge in [0.2, 0.25) is 0 Å². The second kappa shape index (κ2) is 15.7. The Labute approximate surface area is 414 Å². The molecule has 4 heterocycles. The fraction of sp³-hybridized carbons (Fsp3) is 0. The lowest BCUT2D eigenvalue weighted by Gasteiger charge is -2.25. The topological polar surface area (TPSA) is 36.8 Å². The third kappa shape index (κ3) is 5.86. The Morgan fingerprint density at radius 2 is 0.403 bits per heavy atom. The minimum atomic E-state index is -3.83. The largest absolute Gasteiger partial charge is 0.309 e. The molecule has 0 atom stereocenters. The van der Waals surface area contributed by atoms with Crippen molar-refractivity contribution < 1.29 is 4.57 Å². The van der Waals surface area contributed by atoms with Gasteiger partial charge < -0.3 is 22.8 Å². The third-order valence-electron chi connectivity index (χ3n) is 15.0. The van der Waals surface area contributed by atoms with Gasteiger partial charge >= 0.3 is 0 Å². The van der Waals surface area contributed by atoms with Crippen molar-refractivity contribution in [2.24, 2.45) is 0 Å². The molecule has 0 fully saturated rings. The van der Waals surface area contributed by atoms with Crippen molar-refractivity contribution in [3.05, 3.63) is 261 Å². The first kappa shape index (κ1) is 40.7. The highest BCUT2D eigenvalue weighted by molar-refractivity contribution is 7.85. The zero-order valence-electron chi connectivity index (χ0n) is 39.0. The van der Waals surface area contributed by atoms with E-state index in [0.29, 0.717) is 0 Å². The lowest BCUT2D eigenvalue weighted by molar-refractivity contribution is 0.592. The van der Waals surface area contributed by atoms with Crippen molar-refractivity contribution in [3.8, 4) is 22.7 Å². The van der Waals surface area contributed by atoms with Gasteiger partial charge in [-0.15, -0.1) is 0 Å². The second-order valence-corrected chi connectivity index (χ2v) is 21.6. The van der Waals surface area contributed by atoms with Gasteiger partial charge in [0.05, 0.1) is 44.1 Å². The highest BCUT2D eigenvalue weighted by atomic mass is 31.2. The number of hydrogen-bond acceptors (Lipinski definition) is 1. The van der Waals surface area contributed by atoms with Gasteiger partial charge in [-0.3, -0.25) is 0 Å². The minimum absolute atomic E-state index is 0.734. The van der Waals surface area contributed by atoms with Gasteiger partial charge in [0.1, 0.15) is 0 Å². The molecule has 15 rings (SSSR count). The van der Waals surface area contributed by atoms with E-state index in [-0.39, 0.29) is 0 Å². The summed E-state index contributed by atoms with van der Waals surface area (Å²) in [6, 6.07) is 92.6. The van der Waals surface area contributed by atoms with Crippen LogP contribution in [-0.2, 0) is 4.57 Å². The monoisotopic (exact) mass is 938 g/mol. The first-order valence-electron chi connectivity index (χ1n) is 24.5. The number of aromatic nitrogens is 4. The quantitative estimate of drug-likeness (QED) is 0.147. The molecular formula is C66H43N4OP. The number of rotatable bonds is 7. The van der Waals surface area contributed by atoms with Crippen LogP contribution in [0.1, 0.15) is 0 Å². The van der Waals surface area contributed by atoms with Crippen molar-refractivity contribution in [3.63, 3.8) is 0 Å². The van der Waals surface area contributed by atoms with E-state index in [9.17, 15) is 0 Å². The number of fused-ring (bicyclic) bond motifs is 12. The SMILES string of the molecule is O=P(c1ccccc1)(c1cc(-n2c3ccccc3c3ccccc32)cc(-n2c3ccccc3c3ccccc32)c1)c1cc(-n2c3ccccc3c3ccccc32)cc(-n2c3ccccc3c3ccccc32)c1. The summed E-state index contributed by atoms with van der Waals surface area (Å²) >= 11 is 0. The Morgan fingerprint density at radius 3 is 0.625 bits per heavy atom. The number of para-hydroxylation sites is 8. The normalized spacial score (nSPS) is 12.2. The summed E-state index contributed by atoms with van der Waals surface area (Å²) in [5.74, 6) is 0. The molecule has 11 aromatic carbocycles. The van der Waals surface area contributed by atoms with E-state index in [0.717, 1.165) is 126 Å². The van der Waals surface area contributed by atoms with Gasteiger partial charge in [-0.05, 0) is 84.9 Å². The predicted molar refractivity (Wildman–Crippen MR) is 303 cm³/mol. The van der Waals surface area contributed by atoms with Gasteiger partial charge in [-0.25, -0.2) is 0 Å². The Kier molecular flexibility index (Phi) is 8.87. The maximum absolute atomic E-state index is 18.0. The van der Waals surface area contributed by atoms with Gasteiger partial charge in [0.25, 0.3) is 0 Å². The second-order valence-electron chi connectivity index (χ2n) is 18.8. The van der Waals surface area contributed by atoms with Crippen molar-refractivity contribution in [2.75, 3.05) is 0 Å². The first-order chi connectivity index (χ1) is 35.6. The molecule has 0 aliphatic rings. The van der Waals surface area contributed by atoms with E-state index in [1.165, 1.54) is 0 Å². The molecule has 0 aliphatic heterocycles. The molecule has 6 heteroatoms. The summed E-state index contributed by atoms with van der Waals surface area (Å²) < 4.78 is 27.4. The van der Waals surface area contributed by atoms with E-state index < -0.39 is 7.14 Å². The van der Waals surface area contributed by atoms with Crippen LogP contribution in [0.4, 0.5) is 0 Å². The molecule has 0 bridgehead atoms. The first-order valence-corrected chi connectivity index (χ1v) is 26.2. The number of hydrogen-bond donors (Lipinski definition) is 0. The summed E-state index contributed by atoms with van der Waals surface area (Å²) in [4.78, 5) is 0. The maximum atomic E-state index is 18.0. The van der Waals surface area contributed by atoms with Crippen LogP contribution in [0.25, 0.3) is 110 Å². The molecule has 0 saturated carbocycles. The average Bonchev–Trinajstić information content (AvgIpc) is 4.18.